The average Bonchev–Trinajstić information content (AvgIpc) is 2.15. The van der Waals surface area contributed by atoms with Gasteiger partial charge in [0.15, 0.2) is 0 Å². The molecular formula is C11H16BrClNO-. The van der Waals surface area contributed by atoms with E-state index in [4.69, 9.17) is 5.11 Å². The molecular weight excluding hydrogens is 277 g/mol. The largest absolute Gasteiger partial charge is 1.00 e. The summed E-state index contributed by atoms with van der Waals surface area (Å²) in [6, 6.07) is 8.14. The van der Waals surface area contributed by atoms with Crippen molar-refractivity contribution < 1.29 is 17.5 Å². The number of nitrogens with one attached hydrogen (secondary N) is 1. The van der Waals surface area contributed by atoms with Gasteiger partial charge in [0.1, 0.15) is 0 Å². The highest BCUT2D eigenvalue weighted by molar-refractivity contribution is 9.10. The van der Waals surface area contributed by atoms with Crippen LogP contribution in [0.15, 0.2) is 28.7 Å². The first-order valence-electron chi connectivity index (χ1n) is 4.64. The minimum atomic E-state index is -0.220. The molecule has 0 atom stereocenters. The Morgan fingerprint density at radius 1 is 1.40 bits per heavy atom. The molecule has 2 nitrogen and oxygen atoms in total. The van der Waals surface area contributed by atoms with Gasteiger partial charge in [-0.15, -0.1) is 0 Å². The van der Waals surface area contributed by atoms with Crippen LogP contribution in [0.3, 0.4) is 0 Å². The molecule has 1 rings (SSSR count). The molecule has 0 bridgehead atoms. The van der Waals surface area contributed by atoms with Crippen LogP contribution in [0.1, 0.15) is 19.4 Å². The predicted octanol–water partition coefficient (Wildman–Crippen LogP) is -0.686. The summed E-state index contributed by atoms with van der Waals surface area (Å²) in [5, 5.41) is 12.3. The third kappa shape index (κ3) is 5.52. The van der Waals surface area contributed by atoms with Crippen molar-refractivity contribution in [3.05, 3.63) is 34.3 Å². The maximum absolute atomic E-state index is 9.05. The van der Waals surface area contributed by atoms with Gasteiger partial charge in [0.05, 0.1) is 6.61 Å². The second-order valence-corrected chi connectivity index (χ2v) is 4.94. The molecule has 0 spiro atoms. The average molecular weight is 294 g/mol. The van der Waals surface area contributed by atoms with Crippen LogP contribution in [0.25, 0.3) is 0 Å². The fraction of sp³-hybridized carbons (Fsp3) is 0.455. The summed E-state index contributed by atoms with van der Waals surface area (Å²) in [5.41, 5.74) is 0.989. The summed E-state index contributed by atoms with van der Waals surface area (Å²) in [6.45, 7) is 4.87. The van der Waals surface area contributed by atoms with E-state index in [0.717, 1.165) is 11.0 Å². The molecule has 2 N–H and O–H groups in total. The molecule has 0 fully saturated rings. The quantitative estimate of drug-likeness (QED) is 0.771. The van der Waals surface area contributed by atoms with E-state index in [9.17, 15) is 0 Å². The molecule has 0 unspecified atom stereocenters. The molecule has 1 aromatic carbocycles. The van der Waals surface area contributed by atoms with Crippen LogP contribution in [0.5, 0.6) is 0 Å². The monoisotopic (exact) mass is 292 g/mol. The first kappa shape index (κ1) is 14.9. The Balaban J connectivity index is 0.00000196. The first-order valence-corrected chi connectivity index (χ1v) is 5.43. The third-order valence-corrected chi connectivity index (χ3v) is 2.55. The maximum atomic E-state index is 9.05. The third-order valence-electron chi connectivity index (χ3n) is 2.06. The topological polar surface area (TPSA) is 32.3 Å². The number of hydrogen-bond donors (Lipinski definition) is 2. The number of halogens is 2. The van der Waals surface area contributed by atoms with Crippen LogP contribution in [-0.2, 0) is 6.54 Å². The lowest BCUT2D eigenvalue weighted by atomic mass is 10.1. The highest BCUT2D eigenvalue weighted by Gasteiger charge is 2.14. The van der Waals surface area contributed by atoms with Gasteiger partial charge in [-0.3, -0.25) is 0 Å². The molecule has 0 aliphatic heterocycles. The van der Waals surface area contributed by atoms with E-state index in [1.807, 2.05) is 26.0 Å². The minimum absolute atomic E-state index is 0. The molecule has 0 saturated heterocycles. The van der Waals surface area contributed by atoms with Gasteiger partial charge in [-0.1, -0.05) is 28.1 Å². The van der Waals surface area contributed by atoms with Gasteiger partial charge in [-0.25, -0.2) is 0 Å². The van der Waals surface area contributed by atoms with Crippen molar-refractivity contribution >= 4 is 15.9 Å². The van der Waals surface area contributed by atoms with Crippen LogP contribution >= 0.6 is 15.9 Å². The van der Waals surface area contributed by atoms with Gasteiger partial charge in [0, 0.05) is 16.6 Å². The Morgan fingerprint density at radius 3 is 2.60 bits per heavy atom. The van der Waals surface area contributed by atoms with E-state index in [1.165, 1.54) is 5.56 Å². The summed E-state index contributed by atoms with van der Waals surface area (Å²) >= 11 is 3.42. The number of aliphatic hydroxyl groups excluding tert-OH is 1. The second kappa shape index (κ2) is 6.48. The van der Waals surface area contributed by atoms with Crippen LogP contribution in [0, 0.1) is 0 Å². The molecule has 0 aliphatic rings. The summed E-state index contributed by atoms with van der Waals surface area (Å²) in [7, 11) is 0. The Bertz CT molecular complexity index is 304. The van der Waals surface area contributed by atoms with Crippen molar-refractivity contribution in [2.24, 2.45) is 0 Å². The lowest BCUT2D eigenvalue weighted by Crippen LogP contribution is -3.00. The van der Waals surface area contributed by atoms with Gasteiger partial charge in [-0.2, -0.15) is 0 Å². The maximum Gasteiger partial charge on any atom is 0.0607 e. The Kier molecular flexibility index (Phi) is 6.44. The molecule has 0 heterocycles. The Morgan fingerprint density at radius 2 is 2.07 bits per heavy atom. The van der Waals surface area contributed by atoms with Gasteiger partial charge in [0.25, 0.3) is 0 Å². The van der Waals surface area contributed by atoms with E-state index in [0.29, 0.717) is 0 Å². The van der Waals surface area contributed by atoms with E-state index in [1.54, 1.807) is 0 Å². The zero-order chi connectivity index (χ0) is 10.6. The van der Waals surface area contributed by atoms with Gasteiger partial charge in [-0.05, 0) is 31.5 Å². The summed E-state index contributed by atoms with van der Waals surface area (Å²) in [6.07, 6.45) is 0. The SMILES string of the molecule is CC(C)(CO)NCc1cccc(Br)c1.[Cl-]. The van der Waals surface area contributed by atoms with Crippen molar-refractivity contribution in [2.45, 2.75) is 25.9 Å². The molecule has 0 aromatic heterocycles. The molecule has 15 heavy (non-hydrogen) atoms. The highest BCUT2D eigenvalue weighted by atomic mass is 79.9. The molecule has 0 radical (unpaired) electrons. The fourth-order valence-electron chi connectivity index (χ4n) is 1.04. The summed E-state index contributed by atoms with van der Waals surface area (Å²) in [4.78, 5) is 0. The van der Waals surface area contributed by atoms with Crippen molar-refractivity contribution in [3.63, 3.8) is 0 Å². The van der Waals surface area contributed by atoms with E-state index < -0.39 is 0 Å². The molecule has 0 aliphatic carbocycles. The summed E-state index contributed by atoms with van der Waals surface area (Å²) < 4.78 is 1.08. The van der Waals surface area contributed by atoms with Crippen LogP contribution in [-0.4, -0.2) is 17.3 Å². The normalized spacial score (nSPS) is 10.9. The number of aliphatic hydroxyl groups is 1. The minimum Gasteiger partial charge on any atom is -1.00 e. The van der Waals surface area contributed by atoms with E-state index in [2.05, 4.69) is 33.4 Å². The standard InChI is InChI=1S/C11H16BrNO.ClH/c1-11(2,8-14)13-7-9-4-3-5-10(12)6-9;/h3-6,13-14H,7-8H2,1-2H3;1H/p-1. The lowest BCUT2D eigenvalue weighted by Gasteiger charge is -2.23. The molecule has 86 valence electrons. The van der Waals surface area contributed by atoms with Crippen molar-refractivity contribution in [2.75, 3.05) is 6.61 Å². The summed E-state index contributed by atoms with van der Waals surface area (Å²) in [5.74, 6) is 0. The molecule has 1 aromatic rings. The number of rotatable bonds is 4. The smallest absolute Gasteiger partial charge is 0.0607 e. The zero-order valence-electron chi connectivity index (χ0n) is 8.93. The highest BCUT2D eigenvalue weighted by Crippen LogP contribution is 2.12. The Labute approximate surface area is 106 Å². The molecule has 0 saturated carbocycles. The van der Waals surface area contributed by atoms with Gasteiger partial charge in [0.2, 0.25) is 0 Å². The van der Waals surface area contributed by atoms with Gasteiger partial charge < -0.3 is 22.8 Å². The fourth-order valence-corrected chi connectivity index (χ4v) is 1.49. The van der Waals surface area contributed by atoms with Crippen LogP contribution in [0.4, 0.5) is 0 Å². The van der Waals surface area contributed by atoms with Crippen LogP contribution < -0.4 is 17.7 Å². The van der Waals surface area contributed by atoms with Crippen LogP contribution in [0.2, 0.25) is 0 Å². The van der Waals surface area contributed by atoms with Gasteiger partial charge >= 0.3 is 0 Å². The lowest BCUT2D eigenvalue weighted by molar-refractivity contribution is -0.00000384. The second-order valence-electron chi connectivity index (χ2n) is 4.03. The number of hydrogen-bond acceptors (Lipinski definition) is 2. The predicted molar refractivity (Wildman–Crippen MR) is 62.1 cm³/mol. The first-order chi connectivity index (χ1) is 6.53. The van der Waals surface area contributed by atoms with Crippen molar-refractivity contribution in [1.29, 1.82) is 0 Å². The van der Waals surface area contributed by atoms with Crippen molar-refractivity contribution in [1.82, 2.24) is 5.32 Å². The van der Waals surface area contributed by atoms with E-state index >= 15 is 0 Å². The molecule has 0 amide bonds. The van der Waals surface area contributed by atoms with Crippen molar-refractivity contribution in [3.8, 4) is 0 Å². The zero-order valence-corrected chi connectivity index (χ0v) is 11.3. The molecule has 4 heteroatoms. The van der Waals surface area contributed by atoms with E-state index in [-0.39, 0.29) is 24.6 Å². The Hall–Kier alpha value is -0.0900. The number of benzene rings is 1.